The Morgan fingerprint density at radius 1 is 1.35 bits per heavy atom. The molecule has 0 saturated heterocycles. The summed E-state index contributed by atoms with van der Waals surface area (Å²) in [5, 5.41) is 14.0. The van der Waals surface area contributed by atoms with Crippen molar-refractivity contribution in [1.82, 2.24) is 10.6 Å². The largest absolute Gasteiger partial charge is 0.481 e. The van der Waals surface area contributed by atoms with Crippen molar-refractivity contribution in [1.29, 1.82) is 0 Å². The number of hydrogen-bond donors (Lipinski definition) is 3. The van der Waals surface area contributed by atoms with E-state index >= 15 is 0 Å². The molecule has 0 heterocycles. The van der Waals surface area contributed by atoms with Crippen LogP contribution in [0.2, 0.25) is 0 Å². The first-order valence-corrected chi connectivity index (χ1v) is 5.65. The fourth-order valence-corrected chi connectivity index (χ4v) is 1.98. The van der Waals surface area contributed by atoms with Crippen molar-refractivity contribution in [3.8, 4) is 0 Å². The number of nitrogens with one attached hydrogen (secondary N) is 2. The lowest BCUT2D eigenvalue weighted by molar-refractivity contribution is -0.141. The van der Waals surface area contributed by atoms with Gasteiger partial charge in [-0.2, -0.15) is 0 Å². The van der Waals surface area contributed by atoms with Crippen LogP contribution in [0, 0.1) is 0 Å². The van der Waals surface area contributed by atoms with Gasteiger partial charge in [0.15, 0.2) is 0 Å². The second kappa shape index (κ2) is 5.16. The van der Waals surface area contributed by atoms with Gasteiger partial charge in [-0.05, 0) is 26.2 Å². The zero-order valence-electron chi connectivity index (χ0n) is 10.1. The Kier molecular flexibility index (Phi) is 4.09. The summed E-state index contributed by atoms with van der Waals surface area (Å²) in [4.78, 5) is 33.3. The molecule has 0 bridgehead atoms. The number of aliphatic carboxylic acids is 1. The molecule has 6 heteroatoms. The Hall–Kier alpha value is -1.59. The van der Waals surface area contributed by atoms with Gasteiger partial charge >= 0.3 is 5.97 Å². The molecule has 0 spiro atoms. The van der Waals surface area contributed by atoms with E-state index in [0.717, 1.165) is 6.42 Å². The summed E-state index contributed by atoms with van der Waals surface area (Å²) in [5.41, 5.74) is -0.615. The predicted octanol–water partition coefficient (Wildman–Crippen LogP) is 0.0246. The molecule has 1 atom stereocenters. The average Bonchev–Trinajstić information content (AvgIpc) is 2.12. The molecule has 3 N–H and O–H groups in total. The summed E-state index contributed by atoms with van der Waals surface area (Å²) in [6, 6.07) is -0.640. The van der Waals surface area contributed by atoms with E-state index in [4.69, 9.17) is 5.11 Å². The second-order valence-corrected chi connectivity index (χ2v) is 4.62. The van der Waals surface area contributed by atoms with E-state index in [-0.39, 0.29) is 18.2 Å². The maximum absolute atomic E-state index is 11.7. The molecule has 0 aromatic carbocycles. The maximum Gasteiger partial charge on any atom is 0.305 e. The SMILES string of the molecule is CC(=O)NC(C)C(=O)NC1(CC(=O)O)CCC1. The Morgan fingerprint density at radius 2 is 1.94 bits per heavy atom. The van der Waals surface area contributed by atoms with E-state index in [2.05, 4.69) is 10.6 Å². The summed E-state index contributed by atoms with van der Waals surface area (Å²) in [6.45, 7) is 2.91. The van der Waals surface area contributed by atoms with Crippen LogP contribution in [0.1, 0.15) is 39.5 Å². The standard InChI is InChI=1S/C11H18N2O4/c1-7(12-8(2)14)10(17)13-11(4-3-5-11)6-9(15)16/h7H,3-6H2,1-2H3,(H,12,14)(H,13,17)(H,15,16). The van der Waals surface area contributed by atoms with Crippen molar-refractivity contribution in [3.63, 3.8) is 0 Å². The van der Waals surface area contributed by atoms with Crippen LogP contribution < -0.4 is 10.6 Å². The van der Waals surface area contributed by atoms with Crippen LogP contribution in [0.5, 0.6) is 0 Å². The monoisotopic (exact) mass is 242 g/mol. The van der Waals surface area contributed by atoms with Gasteiger partial charge in [-0.3, -0.25) is 14.4 Å². The molecule has 0 aliphatic heterocycles. The topological polar surface area (TPSA) is 95.5 Å². The van der Waals surface area contributed by atoms with E-state index in [9.17, 15) is 14.4 Å². The molecule has 1 rings (SSSR count). The van der Waals surface area contributed by atoms with Crippen LogP contribution in [-0.4, -0.2) is 34.5 Å². The fourth-order valence-electron chi connectivity index (χ4n) is 1.98. The maximum atomic E-state index is 11.7. The van der Waals surface area contributed by atoms with E-state index in [1.54, 1.807) is 6.92 Å². The number of carboxylic acid groups (broad SMARTS) is 1. The number of hydrogen-bond acceptors (Lipinski definition) is 3. The van der Waals surface area contributed by atoms with Crippen LogP contribution in [0.4, 0.5) is 0 Å². The first-order valence-electron chi connectivity index (χ1n) is 5.65. The molecule has 1 unspecified atom stereocenters. The minimum Gasteiger partial charge on any atom is -0.481 e. The quantitative estimate of drug-likeness (QED) is 0.633. The van der Waals surface area contributed by atoms with Crippen molar-refractivity contribution in [3.05, 3.63) is 0 Å². The summed E-state index contributed by atoms with van der Waals surface area (Å²) in [5.74, 6) is -1.54. The lowest BCUT2D eigenvalue weighted by Crippen LogP contribution is -2.58. The minimum absolute atomic E-state index is 0.0640. The summed E-state index contributed by atoms with van der Waals surface area (Å²) >= 11 is 0. The third-order valence-corrected chi connectivity index (χ3v) is 3.00. The fraction of sp³-hybridized carbons (Fsp3) is 0.727. The first-order chi connectivity index (χ1) is 7.84. The summed E-state index contributed by atoms with van der Waals surface area (Å²) in [6.07, 6.45) is 2.21. The van der Waals surface area contributed by atoms with Crippen molar-refractivity contribution in [2.24, 2.45) is 0 Å². The molecule has 0 aromatic rings. The summed E-state index contributed by atoms with van der Waals surface area (Å²) < 4.78 is 0. The molecule has 1 aliphatic carbocycles. The van der Waals surface area contributed by atoms with Gasteiger partial charge in [0, 0.05) is 6.92 Å². The van der Waals surface area contributed by atoms with Crippen LogP contribution >= 0.6 is 0 Å². The van der Waals surface area contributed by atoms with Crippen molar-refractivity contribution in [2.75, 3.05) is 0 Å². The van der Waals surface area contributed by atoms with E-state index in [1.165, 1.54) is 6.92 Å². The summed E-state index contributed by atoms with van der Waals surface area (Å²) in [7, 11) is 0. The third kappa shape index (κ3) is 3.72. The highest BCUT2D eigenvalue weighted by atomic mass is 16.4. The van der Waals surface area contributed by atoms with Crippen LogP contribution in [-0.2, 0) is 14.4 Å². The third-order valence-electron chi connectivity index (χ3n) is 3.00. The lowest BCUT2D eigenvalue weighted by atomic mass is 9.74. The lowest BCUT2D eigenvalue weighted by Gasteiger charge is -2.42. The Morgan fingerprint density at radius 3 is 2.29 bits per heavy atom. The van der Waals surface area contributed by atoms with Gasteiger partial charge in [-0.15, -0.1) is 0 Å². The predicted molar refractivity (Wildman–Crippen MR) is 60.3 cm³/mol. The van der Waals surface area contributed by atoms with Gasteiger partial charge in [-0.1, -0.05) is 0 Å². The Bertz CT molecular complexity index is 336. The highest BCUT2D eigenvalue weighted by molar-refractivity contribution is 5.87. The zero-order valence-corrected chi connectivity index (χ0v) is 10.1. The molecule has 1 saturated carbocycles. The number of amides is 2. The van der Waals surface area contributed by atoms with Gasteiger partial charge < -0.3 is 15.7 Å². The van der Waals surface area contributed by atoms with Gasteiger partial charge in [-0.25, -0.2) is 0 Å². The molecule has 1 fully saturated rings. The van der Waals surface area contributed by atoms with Gasteiger partial charge in [0.25, 0.3) is 0 Å². The van der Waals surface area contributed by atoms with Crippen molar-refractivity contribution < 1.29 is 19.5 Å². The van der Waals surface area contributed by atoms with Crippen LogP contribution in [0.15, 0.2) is 0 Å². The van der Waals surface area contributed by atoms with Crippen molar-refractivity contribution >= 4 is 17.8 Å². The average molecular weight is 242 g/mol. The molecule has 0 aromatic heterocycles. The molecular formula is C11H18N2O4. The molecule has 96 valence electrons. The van der Waals surface area contributed by atoms with E-state index in [1.807, 2.05) is 0 Å². The molecule has 0 radical (unpaired) electrons. The first kappa shape index (κ1) is 13.5. The highest BCUT2D eigenvalue weighted by Crippen LogP contribution is 2.34. The normalized spacial score (nSPS) is 18.7. The highest BCUT2D eigenvalue weighted by Gasteiger charge is 2.41. The van der Waals surface area contributed by atoms with E-state index in [0.29, 0.717) is 12.8 Å². The Balaban J connectivity index is 2.53. The number of carbonyl (C=O) groups excluding carboxylic acids is 2. The number of carboxylic acids is 1. The Labute approximate surface area is 99.8 Å². The number of carbonyl (C=O) groups is 3. The van der Waals surface area contributed by atoms with E-state index < -0.39 is 17.6 Å². The molecule has 6 nitrogen and oxygen atoms in total. The van der Waals surface area contributed by atoms with Crippen LogP contribution in [0.25, 0.3) is 0 Å². The molecule has 17 heavy (non-hydrogen) atoms. The molecule has 2 amide bonds. The van der Waals surface area contributed by atoms with Crippen LogP contribution in [0.3, 0.4) is 0 Å². The molecular weight excluding hydrogens is 224 g/mol. The minimum atomic E-state index is -0.919. The van der Waals surface area contributed by atoms with Gasteiger partial charge in [0.1, 0.15) is 6.04 Å². The van der Waals surface area contributed by atoms with Gasteiger partial charge in [0.05, 0.1) is 12.0 Å². The second-order valence-electron chi connectivity index (χ2n) is 4.62. The number of rotatable bonds is 5. The van der Waals surface area contributed by atoms with Gasteiger partial charge in [0.2, 0.25) is 11.8 Å². The smallest absolute Gasteiger partial charge is 0.305 e. The zero-order chi connectivity index (χ0) is 13.1. The molecule has 1 aliphatic rings. The van der Waals surface area contributed by atoms with Crippen molar-refractivity contribution in [2.45, 2.75) is 51.1 Å².